The molecule has 1 atom stereocenters. The molecule has 1 N–H and O–H groups in total. The van der Waals surface area contributed by atoms with Crippen LogP contribution in [0.25, 0.3) is 0 Å². The Morgan fingerprint density at radius 3 is 2.76 bits per heavy atom. The molecular weight excluding hydrogens is 259 g/mol. The summed E-state index contributed by atoms with van der Waals surface area (Å²) in [6, 6.07) is 4.05. The Morgan fingerprint density at radius 1 is 1.41 bits per heavy atom. The smallest absolute Gasteiger partial charge is 0.213 e. The average molecular weight is 279 g/mol. The zero-order valence-electron chi connectivity index (χ0n) is 10.0. The summed E-state index contributed by atoms with van der Waals surface area (Å²) in [4.78, 5) is 4.29. The summed E-state index contributed by atoms with van der Waals surface area (Å²) in [5.41, 5.74) is 1.25. The van der Waals surface area contributed by atoms with Gasteiger partial charge in [-0.1, -0.05) is 13.0 Å². The molecule has 1 aliphatic rings. The van der Waals surface area contributed by atoms with Crippen LogP contribution in [-0.2, 0) is 6.42 Å². The Hall–Kier alpha value is -0.510. The Morgan fingerprint density at radius 2 is 2.24 bits per heavy atom. The van der Waals surface area contributed by atoms with Crippen LogP contribution in [0.1, 0.15) is 25.3 Å². The van der Waals surface area contributed by atoms with E-state index in [1.165, 1.54) is 12.0 Å². The third-order valence-electron chi connectivity index (χ3n) is 2.74. The van der Waals surface area contributed by atoms with Crippen LogP contribution in [-0.4, -0.2) is 24.2 Å². The first kappa shape index (κ1) is 16.5. The molecule has 0 amide bonds. The van der Waals surface area contributed by atoms with Crippen molar-refractivity contribution >= 4 is 24.8 Å². The maximum Gasteiger partial charge on any atom is 0.213 e. The molecule has 2 rings (SSSR count). The number of nitrogens with one attached hydrogen (secondary N) is 1. The molecule has 1 aliphatic heterocycles. The molecule has 0 aliphatic carbocycles. The third-order valence-corrected chi connectivity index (χ3v) is 2.74. The molecule has 98 valence electrons. The van der Waals surface area contributed by atoms with Crippen LogP contribution in [0.5, 0.6) is 5.88 Å². The number of aromatic nitrogens is 1. The third kappa shape index (κ3) is 5.11. The van der Waals surface area contributed by atoms with Crippen LogP contribution in [0.4, 0.5) is 0 Å². The number of halogens is 2. The number of hydrogen-bond acceptors (Lipinski definition) is 3. The van der Waals surface area contributed by atoms with Crippen LogP contribution in [0, 0.1) is 0 Å². The molecule has 0 bridgehead atoms. The number of hydrogen-bond donors (Lipinski definition) is 1. The van der Waals surface area contributed by atoms with E-state index >= 15 is 0 Å². The fourth-order valence-electron chi connectivity index (χ4n) is 1.78. The van der Waals surface area contributed by atoms with Crippen molar-refractivity contribution in [3.05, 3.63) is 23.9 Å². The van der Waals surface area contributed by atoms with Gasteiger partial charge in [-0.25, -0.2) is 4.98 Å². The number of pyridine rings is 1. The average Bonchev–Trinajstić information content (AvgIpc) is 2.31. The number of aryl methyl sites for hydroxylation is 1. The van der Waals surface area contributed by atoms with Gasteiger partial charge in [0.15, 0.2) is 0 Å². The monoisotopic (exact) mass is 278 g/mol. The summed E-state index contributed by atoms with van der Waals surface area (Å²) in [5, 5.41) is 3.32. The second kappa shape index (κ2) is 8.56. The molecule has 1 aromatic rings. The van der Waals surface area contributed by atoms with Crippen LogP contribution in [0.15, 0.2) is 18.3 Å². The summed E-state index contributed by atoms with van der Waals surface area (Å²) >= 11 is 0. The summed E-state index contributed by atoms with van der Waals surface area (Å²) in [7, 11) is 0. The molecule has 0 aromatic carbocycles. The number of ether oxygens (including phenoxy) is 1. The first-order valence-electron chi connectivity index (χ1n) is 5.71. The summed E-state index contributed by atoms with van der Waals surface area (Å²) < 4.78 is 5.78. The van der Waals surface area contributed by atoms with Crippen LogP contribution >= 0.6 is 24.8 Å². The number of piperidine rings is 1. The quantitative estimate of drug-likeness (QED) is 0.923. The number of rotatable bonds is 3. The van der Waals surface area contributed by atoms with E-state index in [0.29, 0.717) is 6.10 Å². The van der Waals surface area contributed by atoms with Gasteiger partial charge in [0.25, 0.3) is 0 Å². The minimum Gasteiger partial charge on any atom is -0.473 e. The molecule has 17 heavy (non-hydrogen) atoms. The number of nitrogens with zero attached hydrogens (tertiary/aromatic N) is 1. The van der Waals surface area contributed by atoms with Gasteiger partial charge in [-0.05, 0) is 31.4 Å². The van der Waals surface area contributed by atoms with Crippen molar-refractivity contribution in [2.24, 2.45) is 0 Å². The van der Waals surface area contributed by atoms with E-state index in [1.807, 2.05) is 12.3 Å². The highest BCUT2D eigenvalue weighted by Gasteiger charge is 2.14. The van der Waals surface area contributed by atoms with E-state index < -0.39 is 0 Å². The lowest BCUT2D eigenvalue weighted by atomic mass is 10.1. The minimum atomic E-state index is 0. The first-order chi connectivity index (χ1) is 7.38. The lowest BCUT2D eigenvalue weighted by Gasteiger charge is -2.23. The van der Waals surface area contributed by atoms with E-state index in [9.17, 15) is 0 Å². The highest BCUT2D eigenvalue weighted by atomic mass is 35.5. The topological polar surface area (TPSA) is 34.1 Å². The normalized spacial score (nSPS) is 18.8. The fourth-order valence-corrected chi connectivity index (χ4v) is 1.78. The van der Waals surface area contributed by atoms with Gasteiger partial charge in [-0.3, -0.25) is 0 Å². The molecule has 5 heteroatoms. The Kier molecular flexibility index (Phi) is 8.30. The molecule has 1 saturated heterocycles. The van der Waals surface area contributed by atoms with E-state index in [-0.39, 0.29) is 24.8 Å². The van der Waals surface area contributed by atoms with E-state index in [2.05, 4.69) is 23.3 Å². The van der Waals surface area contributed by atoms with E-state index in [1.54, 1.807) is 0 Å². The maximum absolute atomic E-state index is 5.78. The van der Waals surface area contributed by atoms with E-state index in [0.717, 1.165) is 31.8 Å². The largest absolute Gasteiger partial charge is 0.473 e. The van der Waals surface area contributed by atoms with Gasteiger partial charge < -0.3 is 10.1 Å². The van der Waals surface area contributed by atoms with Gasteiger partial charge in [-0.2, -0.15) is 0 Å². The van der Waals surface area contributed by atoms with E-state index in [4.69, 9.17) is 4.74 Å². The second-order valence-electron chi connectivity index (χ2n) is 3.94. The van der Waals surface area contributed by atoms with Gasteiger partial charge in [0.2, 0.25) is 5.88 Å². The van der Waals surface area contributed by atoms with Crippen molar-refractivity contribution in [3.8, 4) is 5.88 Å². The lowest BCUT2D eigenvalue weighted by Crippen LogP contribution is -2.37. The second-order valence-corrected chi connectivity index (χ2v) is 3.94. The predicted molar refractivity (Wildman–Crippen MR) is 74.6 cm³/mol. The Labute approximate surface area is 115 Å². The van der Waals surface area contributed by atoms with Crippen LogP contribution < -0.4 is 10.1 Å². The van der Waals surface area contributed by atoms with Crippen LogP contribution in [0.3, 0.4) is 0 Å². The summed E-state index contributed by atoms with van der Waals surface area (Å²) in [6.07, 6.45) is 5.53. The Bertz CT molecular complexity index is 300. The van der Waals surface area contributed by atoms with Crippen molar-refractivity contribution in [2.75, 3.05) is 13.1 Å². The van der Waals surface area contributed by atoms with Crippen molar-refractivity contribution in [3.63, 3.8) is 0 Å². The zero-order chi connectivity index (χ0) is 10.5. The maximum atomic E-state index is 5.78. The fraction of sp³-hybridized carbons (Fsp3) is 0.583. The highest BCUT2D eigenvalue weighted by Crippen LogP contribution is 2.13. The molecule has 1 fully saturated rings. The predicted octanol–water partition coefficient (Wildman–Crippen LogP) is 2.62. The molecule has 3 nitrogen and oxygen atoms in total. The van der Waals surface area contributed by atoms with Crippen molar-refractivity contribution in [2.45, 2.75) is 32.3 Å². The van der Waals surface area contributed by atoms with Gasteiger partial charge in [0.05, 0.1) is 0 Å². The van der Waals surface area contributed by atoms with Crippen molar-refractivity contribution < 1.29 is 4.74 Å². The molecule has 0 saturated carbocycles. The lowest BCUT2D eigenvalue weighted by molar-refractivity contribution is 0.160. The zero-order valence-corrected chi connectivity index (χ0v) is 11.6. The molecule has 1 unspecified atom stereocenters. The molecular formula is C12H20Cl2N2O. The van der Waals surface area contributed by atoms with Crippen LogP contribution in [0.2, 0.25) is 0 Å². The van der Waals surface area contributed by atoms with Crippen molar-refractivity contribution in [1.29, 1.82) is 0 Å². The van der Waals surface area contributed by atoms with Gasteiger partial charge >= 0.3 is 0 Å². The standard InChI is InChI=1S/C12H18N2O.2ClH/c1-2-10-5-6-12(14-8-10)15-11-4-3-7-13-9-11;;/h5-6,8,11,13H,2-4,7,9H2,1H3;2*1H. The minimum absolute atomic E-state index is 0. The molecule has 0 spiro atoms. The molecule has 1 aromatic heterocycles. The molecule has 0 radical (unpaired) electrons. The summed E-state index contributed by atoms with van der Waals surface area (Å²) in [5.74, 6) is 0.751. The van der Waals surface area contributed by atoms with Gasteiger partial charge in [0.1, 0.15) is 6.10 Å². The Balaban J connectivity index is 0.00000128. The van der Waals surface area contributed by atoms with Gasteiger partial charge in [-0.15, -0.1) is 24.8 Å². The van der Waals surface area contributed by atoms with Gasteiger partial charge in [0, 0.05) is 18.8 Å². The van der Waals surface area contributed by atoms with Crippen molar-refractivity contribution in [1.82, 2.24) is 10.3 Å². The highest BCUT2D eigenvalue weighted by molar-refractivity contribution is 5.85. The SMILES string of the molecule is CCc1ccc(OC2CCCNC2)nc1.Cl.Cl. The first-order valence-corrected chi connectivity index (χ1v) is 5.71. The molecule has 2 heterocycles. The summed E-state index contributed by atoms with van der Waals surface area (Å²) in [6.45, 7) is 4.18.